The van der Waals surface area contributed by atoms with Gasteiger partial charge in [0.2, 0.25) is 0 Å². The molecule has 0 fully saturated rings. The molecule has 2 heteroatoms. The third-order valence-corrected chi connectivity index (χ3v) is 4.97. The molecule has 0 aromatic heterocycles. The lowest BCUT2D eigenvalue weighted by atomic mass is 9.91. The minimum Gasteiger partial charge on any atom is -0.289 e. The van der Waals surface area contributed by atoms with Gasteiger partial charge in [0.15, 0.2) is 11.6 Å². The van der Waals surface area contributed by atoms with Gasteiger partial charge in [-0.1, -0.05) is 66.8 Å². The van der Waals surface area contributed by atoms with E-state index in [-0.39, 0.29) is 11.6 Å². The van der Waals surface area contributed by atoms with Gasteiger partial charge in [-0.15, -0.1) is 0 Å². The van der Waals surface area contributed by atoms with Gasteiger partial charge in [0, 0.05) is 22.3 Å². The van der Waals surface area contributed by atoms with E-state index in [1.165, 1.54) is 0 Å². The van der Waals surface area contributed by atoms with Crippen LogP contribution in [0.25, 0.3) is 24.3 Å². The molecule has 2 nitrogen and oxygen atoms in total. The van der Waals surface area contributed by atoms with Crippen molar-refractivity contribution in [3.8, 4) is 0 Å². The average Bonchev–Trinajstić information content (AvgIpc) is 2.63. The Hall–Kier alpha value is -3.52. The molecule has 0 bridgehead atoms. The minimum atomic E-state index is -0.0668. The first kappa shape index (κ1) is 14.8. The molecule has 0 radical (unpaired) electrons. The lowest BCUT2D eigenvalue weighted by Gasteiger charge is -2.12. The van der Waals surface area contributed by atoms with Crippen LogP contribution in [0.5, 0.6) is 0 Å². The van der Waals surface area contributed by atoms with E-state index in [1.807, 2.05) is 60.7 Å². The van der Waals surface area contributed by atoms with E-state index < -0.39 is 0 Å². The van der Waals surface area contributed by atoms with E-state index >= 15 is 0 Å². The summed E-state index contributed by atoms with van der Waals surface area (Å²) < 4.78 is 0. The second-order valence-electron chi connectivity index (χ2n) is 6.59. The molecule has 2 aliphatic carbocycles. The SMILES string of the molecule is O=C(c1cccc(C(=O)c2ccc3c(c2)C=C3)c1)c1ccc2c(c1)C=C2. The highest BCUT2D eigenvalue weighted by Crippen LogP contribution is 2.27. The predicted molar refractivity (Wildman–Crippen MR) is 104 cm³/mol. The molecule has 0 heterocycles. The lowest BCUT2D eigenvalue weighted by molar-refractivity contribution is 0.103. The number of ketones is 2. The summed E-state index contributed by atoms with van der Waals surface area (Å²) >= 11 is 0. The Morgan fingerprint density at radius 3 is 1.27 bits per heavy atom. The molecule has 0 N–H and O–H groups in total. The molecule has 26 heavy (non-hydrogen) atoms. The van der Waals surface area contributed by atoms with Crippen LogP contribution in [0.1, 0.15) is 54.1 Å². The minimum absolute atomic E-state index is 0.0668. The van der Waals surface area contributed by atoms with E-state index in [4.69, 9.17) is 0 Å². The van der Waals surface area contributed by atoms with Crippen molar-refractivity contribution in [2.24, 2.45) is 0 Å². The molecule has 0 atom stereocenters. The van der Waals surface area contributed by atoms with Gasteiger partial charge in [0.25, 0.3) is 0 Å². The maximum Gasteiger partial charge on any atom is 0.193 e. The van der Waals surface area contributed by atoms with Gasteiger partial charge in [-0.3, -0.25) is 9.59 Å². The first-order valence-electron chi connectivity index (χ1n) is 8.53. The Bertz CT molecular complexity index is 1070. The largest absolute Gasteiger partial charge is 0.289 e. The van der Waals surface area contributed by atoms with Gasteiger partial charge in [0.1, 0.15) is 0 Å². The van der Waals surface area contributed by atoms with Crippen molar-refractivity contribution < 1.29 is 9.59 Å². The summed E-state index contributed by atoms with van der Waals surface area (Å²) in [6, 6.07) is 18.3. The number of fused-ring (bicyclic) bond motifs is 2. The summed E-state index contributed by atoms with van der Waals surface area (Å²) in [6.07, 6.45) is 8.02. The normalized spacial score (nSPS) is 12.6. The van der Waals surface area contributed by atoms with Crippen molar-refractivity contribution in [3.05, 3.63) is 105 Å². The molecule has 0 amide bonds. The highest BCUT2D eigenvalue weighted by molar-refractivity contribution is 6.14. The summed E-state index contributed by atoms with van der Waals surface area (Å²) in [5, 5.41) is 0. The van der Waals surface area contributed by atoms with Crippen molar-refractivity contribution in [3.63, 3.8) is 0 Å². The molecule has 122 valence electrons. The molecule has 0 aliphatic heterocycles. The number of rotatable bonds is 4. The molecule has 0 saturated heterocycles. The summed E-state index contributed by atoms with van der Waals surface area (Å²) in [5.74, 6) is -0.134. The molecule has 0 saturated carbocycles. The second-order valence-corrected chi connectivity index (χ2v) is 6.59. The quantitative estimate of drug-likeness (QED) is 0.428. The monoisotopic (exact) mass is 334 g/mol. The fourth-order valence-corrected chi connectivity index (χ4v) is 3.33. The van der Waals surface area contributed by atoms with Crippen LogP contribution in [0.3, 0.4) is 0 Å². The fraction of sp³-hybridized carbons (Fsp3) is 0. The lowest BCUT2D eigenvalue weighted by Crippen LogP contribution is -2.07. The molecule has 3 aromatic rings. The smallest absolute Gasteiger partial charge is 0.193 e. The maximum atomic E-state index is 12.8. The topological polar surface area (TPSA) is 34.1 Å². The highest BCUT2D eigenvalue weighted by Gasteiger charge is 2.17. The molecule has 0 unspecified atom stereocenters. The number of carbonyl (C=O) groups is 2. The van der Waals surface area contributed by atoms with Crippen LogP contribution in [-0.2, 0) is 0 Å². The van der Waals surface area contributed by atoms with E-state index in [1.54, 1.807) is 24.3 Å². The Balaban J connectivity index is 1.46. The first-order chi connectivity index (χ1) is 12.7. The third kappa shape index (κ3) is 2.27. The van der Waals surface area contributed by atoms with Gasteiger partial charge in [-0.05, 0) is 40.5 Å². The van der Waals surface area contributed by atoms with Gasteiger partial charge in [0.05, 0.1) is 0 Å². The van der Waals surface area contributed by atoms with E-state index in [9.17, 15) is 9.59 Å². The average molecular weight is 334 g/mol. The Morgan fingerprint density at radius 2 is 0.885 bits per heavy atom. The van der Waals surface area contributed by atoms with Crippen molar-refractivity contribution in [1.82, 2.24) is 0 Å². The van der Waals surface area contributed by atoms with Gasteiger partial charge in [-0.25, -0.2) is 0 Å². The van der Waals surface area contributed by atoms with Crippen molar-refractivity contribution in [1.29, 1.82) is 0 Å². The first-order valence-corrected chi connectivity index (χ1v) is 8.53. The van der Waals surface area contributed by atoms with Crippen molar-refractivity contribution in [2.45, 2.75) is 0 Å². The zero-order chi connectivity index (χ0) is 17.7. The summed E-state index contributed by atoms with van der Waals surface area (Å²) in [7, 11) is 0. The molecular formula is C24H14O2. The van der Waals surface area contributed by atoms with E-state index in [0.717, 1.165) is 22.3 Å². The Kier molecular flexibility index (Phi) is 3.13. The summed E-state index contributed by atoms with van der Waals surface area (Å²) in [4.78, 5) is 25.6. The van der Waals surface area contributed by atoms with Crippen LogP contribution in [0.2, 0.25) is 0 Å². The fourth-order valence-electron chi connectivity index (χ4n) is 3.33. The number of hydrogen-bond donors (Lipinski definition) is 0. The molecule has 2 aliphatic rings. The van der Waals surface area contributed by atoms with Crippen LogP contribution in [0.15, 0.2) is 60.7 Å². The van der Waals surface area contributed by atoms with Crippen LogP contribution in [-0.4, -0.2) is 11.6 Å². The van der Waals surface area contributed by atoms with Crippen LogP contribution in [0, 0.1) is 0 Å². The van der Waals surface area contributed by atoms with Gasteiger partial charge in [-0.2, -0.15) is 0 Å². The van der Waals surface area contributed by atoms with E-state index in [0.29, 0.717) is 22.3 Å². The molecule has 3 aromatic carbocycles. The van der Waals surface area contributed by atoms with Crippen LogP contribution < -0.4 is 0 Å². The summed E-state index contributed by atoms with van der Waals surface area (Å²) in [5.41, 5.74) is 6.82. The second kappa shape index (κ2) is 5.50. The summed E-state index contributed by atoms with van der Waals surface area (Å²) in [6.45, 7) is 0. The number of hydrogen-bond acceptors (Lipinski definition) is 2. The molecular weight excluding hydrogens is 320 g/mol. The van der Waals surface area contributed by atoms with Crippen molar-refractivity contribution in [2.75, 3.05) is 0 Å². The number of carbonyl (C=O) groups excluding carboxylic acids is 2. The van der Waals surface area contributed by atoms with Gasteiger partial charge < -0.3 is 0 Å². The van der Waals surface area contributed by atoms with Gasteiger partial charge >= 0.3 is 0 Å². The maximum absolute atomic E-state index is 12.8. The zero-order valence-corrected chi connectivity index (χ0v) is 13.9. The van der Waals surface area contributed by atoms with Crippen molar-refractivity contribution >= 4 is 35.9 Å². The number of benzene rings is 3. The zero-order valence-electron chi connectivity index (χ0n) is 13.9. The molecule has 0 spiro atoms. The van der Waals surface area contributed by atoms with Crippen LogP contribution in [0.4, 0.5) is 0 Å². The standard InChI is InChI=1S/C24H14O2/c25-23(21-10-6-15-4-8-17(15)12-21)19-2-1-3-20(14-19)24(26)22-11-7-16-5-9-18(16)13-22/h1-14H. The predicted octanol–water partition coefficient (Wildman–Crippen LogP) is 5.12. The van der Waals surface area contributed by atoms with E-state index in [2.05, 4.69) is 0 Å². The Labute approximate surface area is 151 Å². The highest BCUT2D eigenvalue weighted by atomic mass is 16.1. The molecule has 5 rings (SSSR count). The van der Waals surface area contributed by atoms with Crippen LogP contribution >= 0.6 is 0 Å². The Morgan fingerprint density at radius 1 is 0.462 bits per heavy atom. The third-order valence-electron chi connectivity index (χ3n) is 4.97.